The van der Waals surface area contributed by atoms with Gasteiger partial charge < -0.3 is 0 Å². The molecule has 2 heteroatoms. The van der Waals surface area contributed by atoms with Gasteiger partial charge >= 0.3 is 0 Å². The van der Waals surface area contributed by atoms with E-state index in [0.717, 1.165) is 0 Å². The molecule has 0 amide bonds. The first-order chi connectivity index (χ1) is 4.72. The summed E-state index contributed by atoms with van der Waals surface area (Å²) in [5, 5.41) is 1.39. The highest BCUT2D eigenvalue weighted by molar-refractivity contribution is 7.49. The van der Waals surface area contributed by atoms with Crippen LogP contribution in [0.1, 0.15) is 25.1 Å². The zero-order chi connectivity index (χ0) is 7.56. The molecule has 0 fully saturated rings. The molecule has 0 saturated heterocycles. The molecule has 0 aliphatic carbocycles. The minimum atomic E-state index is -0.445. The van der Waals surface area contributed by atoms with Crippen LogP contribution < -0.4 is 5.50 Å². The van der Waals surface area contributed by atoms with Crippen molar-refractivity contribution in [3.63, 3.8) is 0 Å². The van der Waals surface area contributed by atoms with Crippen LogP contribution in [0.5, 0.6) is 0 Å². The van der Waals surface area contributed by atoms with Gasteiger partial charge in [-0.15, -0.1) is 0 Å². The molecule has 0 aliphatic heterocycles. The van der Waals surface area contributed by atoms with Gasteiger partial charge in [0.2, 0.25) is 7.68 Å². The van der Waals surface area contributed by atoms with Gasteiger partial charge in [-0.1, -0.05) is 19.9 Å². The van der Waals surface area contributed by atoms with Gasteiger partial charge in [0.05, 0.1) is 0 Å². The van der Waals surface area contributed by atoms with E-state index >= 15 is 0 Å². The van der Waals surface area contributed by atoms with Crippen molar-refractivity contribution in [2.24, 2.45) is 0 Å². The standard InChI is InChI=1S/C8H13NP/c1-7(2)8-5-3-4-6-10(8)9/h3-7H,9H2,1-2H3/q+1. The topological polar surface area (TPSA) is 26.0 Å². The van der Waals surface area contributed by atoms with Crippen molar-refractivity contribution in [2.75, 3.05) is 5.50 Å². The van der Waals surface area contributed by atoms with Crippen LogP contribution in [-0.2, 0) is 0 Å². The minimum absolute atomic E-state index is 0.445. The average molecular weight is 154 g/mol. The molecule has 0 bridgehead atoms. The quantitative estimate of drug-likeness (QED) is 0.661. The Kier molecular flexibility index (Phi) is 2.42. The van der Waals surface area contributed by atoms with Crippen molar-refractivity contribution >= 4 is 7.68 Å². The number of hydrogen-bond acceptors (Lipinski definition) is 1. The molecule has 1 unspecified atom stereocenters. The largest absolute Gasteiger partial charge is 0.214 e. The van der Waals surface area contributed by atoms with Gasteiger partial charge in [0.15, 0.2) is 0 Å². The van der Waals surface area contributed by atoms with Crippen LogP contribution in [0, 0.1) is 0 Å². The van der Waals surface area contributed by atoms with Gasteiger partial charge in [0, 0.05) is 5.92 Å². The maximum absolute atomic E-state index is 5.87. The molecule has 1 nitrogen and oxygen atoms in total. The second kappa shape index (κ2) is 3.14. The highest BCUT2D eigenvalue weighted by atomic mass is 31.1. The lowest BCUT2D eigenvalue weighted by molar-refractivity contribution is 0.887. The Balaban J connectivity index is 3.03. The van der Waals surface area contributed by atoms with Gasteiger partial charge in [0.1, 0.15) is 11.1 Å². The fraction of sp³-hybridized carbons (Fsp3) is 0.375. The minimum Gasteiger partial charge on any atom is -0.153 e. The summed E-state index contributed by atoms with van der Waals surface area (Å²) in [5.41, 5.74) is 5.87. The Morgan fingerprint density at radius 1 is 1.40 bits per heavy atom. The first kappa shape index (κ1) is 7.71. The molecular weight excluding hydrogens is 141 g/mol. The smallest absolute Gasteiger partial charge is 0.153 e. The normalized spacial score (nSPS) is 12.2. The molecule has 1 rings (SSSR count). The van der Waals surface area contributed by atoms with Crippen LogP contribution in [0.15, 0.2) is 24.0 Å². The van der Waals surface area contributed by atoms with E-state index in [-0.39, 0.29) is 0 Å². The zero-order valence-corrected chi connectivity index (χ0v) is 7.31. The average Bonchev–Trinajstić information content (AvgIpc) is 1.88. The second-order valence-electron chi connectivity index (χ2n) is 2.69. The van der Waals surface area contributed by atoms with Gasteiger partial charge in [-0.2, -0.15) is 5.50 Å². The van der Waals surface area contributed by atoms with Crippen LogP contribution >= 0.6 is 7.68 Å². The molecule has 0 spiro atoms. The van der Waals surface area contributed by atoms with Gasteiger partial charge in [-0.3, -0.25) is 0 Å². The summed E-state index contributed by atoms with van der Waals surface area (Å²) in [4.78, 5) is 0. The number of hydrogen-bond donors (Lipinski definition) is 1. The van der Waals surface area contributed by atoms with E-state index in [4.69, 9.17) is 5.50 Å². The highest BCUT2D eigenvalue weighted by Gasteiger charge is 2.11. The summed E-state index contributed by atoms with van der Waals surface area (Å²) < 4.78 is 0. The summed E-state index contributed by atoms with van der Waals surface area (Å²) in [7, 11) is -0.445. The lowest BCUT2D eigenvalue weighted by Gasteiger charge is -1.96. The summed E-state index contributed by atoms with van der Waals surface area (Å²) in [6.07, 6.45) is 0. The second-order valence-corrected chi connectivity index (χ2v) is 4.32. The lowest BCUT2D eigenvalue weighted by Crippen LogP contribution is -1.88. The fourth-order valence-electron chi connectivity index (χ4n) is 0.959. The molecule has 0 aromatic carbocycles. The molecule has 1 atom stereocenters. The predicted octanol–water partition coefficient (Wildman–Crippen LogP) is 2.79. The van der Waals surface area contributed by atoms with Crippen LogP contribution in [0.4, 0.5) is 0 Å². The summed E-state index contributed by atoms with van der Waals surface area (Å²) in [6, 6.07) is 6.22. The Hall–Kier alpha value is -0.390. The monoisotopic (exact) mass is 154 g/mol. The Bertz CT molecular complexity index is 220. The number of rotatable bonds is 1. The Labute approximate surface area is 63.0 Å². The first-order valence-corrected chi connectivity index (χ1v) is 4.95. The number of nitrogen functional groups attached to an aromatic ring is 1. The number of nitrogens with two attached hydrogens (primary N) is 1. The van der Waals surface area contributed by atoms with Crippen LogP contribution in [0.2, 0.25) is 0 Å². The third kappa shape index (κ3) is 1.56. The lowest BCUT2D eigenvalue weighted by atomic mass is 10.2. The van der Waals surface area contributed by atoms with Crippen molar-refractivity contribution in [3.8, 4) is 0 Å². The summed E-state index contributed by atoms with van der Waals surface area (Å²) in [5.74, 6) is 2.68. The van der Waals surface area contributed by atoms with Crippen LogP contribution in [0.25, 0.3) is 0 Å². The van der Waals surface area contributed by atoms with Crippen molar-refractivity contribution in [2.45, 2.75) is 19.8 Å². The van der Waals surface area contributed by atoms with E-state index in [1.165, 1.54) is 5.30 Å². The van der Waals surface area contributed by atoms with Gasteiger partial charge in [-0.25, -0.2) is 0 Å². The molecule has 1 heterocycles. The van der Waals surface area contributed by atoms with Crippen molar-refractivity contribution < 1.29 is 0 Å². The third-order valence-corrected chi connectivity index (χ3v) is 3.27. The van der Waals surface area contributed by atoms with Gasteiger partial charge in [-0.05, 0) is 12.1 Å². The van der Waals surface area contributed by atoms with Crippen LogP contribution in [-0.4, -0.2) is 0 Å². The third-order valence-electron chi connectivity index (χ3n) is 1.51. The van der Waals surface area contributed by atoms with E-state index in [2.05, 4.69) is 31.8 Å². The Morgan fingerprint density at radius 3 is 2.50 bits per heavy atom. The molecule has 54 valence electrons. The molecule has 0 saturated carbocycles. The summed E-state index contributed by atoms with van der Waals surface area (Å²) >= 11 is 0. The van der Waals surface area contributed by atoms with E-state index in [1.54, 1.807) is 0 Å². The zero-order valence-electron chi connectivity index (χ0n) is 6.41. The van der Waals surface area contributed by atoms with E-state index in [0.29, 0.717) is 5.92 Å². The SMILES string of the molecule is CC(C)c1cccc[p+]1N. The van der Waals surface area contributed by atoms with Crippen LogP contribution in [0.3, 0.4) is 0 Å². The molecule has 1 aromatic rings. The van der Waals surface area contributed by atoms with E-state index in [1.807, 2.05) is 6.07 Å². The molecule has 2 N–H and O–H groups in total. The highest BCUT2D eigenvalue weighted by Crippen LogP contribution is 2.29. The molecule has 1 aromatic heterocycles. The summed E-state index contributed by atoms with van der Waals surface area (Å²) in [6.45, 7) is 4.36. The molecular formula is C8H13NP+. The molecule has 0 radical (unpaired) electrons. The first-order valence-electron chi connectivity index (χ1n) is 3.47. The van der Waals surface area contributed by atoms with Crippen molar-refractivity contribution in [1.29, 1.82) is 0 Å². The molecule has 10 heavy (non-hydrogen) atoms. The Morgan fingerprint density at radius 2 is 2.10 bits per heavy atom. The van der Waals surface area contributed by atoms with Crippen molar-refractivity contribution in [3.05, 3.63) is 29.3 Å². The maximum atomic E-state index is 5.87. The predicted molar refractivity (Wildman–Crippen MR) is 47.8 cm³/mol. The molecule has 0 aliphatic rings. The van der Waals surface area contributed by atoms with Gasteiger partial charge in [0.25, 0.3) is 0 Å². The fourth-order valence-corrected chi connectivity index (χ4v) is 2.27. The van der Waals surface area contributed by atoms with E-state index < -0.39 is 7.68 Å². The maximum Gasteiger partial charge on any atom is 0.214 e. The van der Waals surface area contributed by atoms with Crippen molar-refractivity contribution in [1.82, 2.24) is 0 Å². The van der Waals surface area contributed by atoms with E-state index in [9.17, 15) is 0 Å².